The molecule has 8 heteroatoms. The third-order valence-corrected chi connectivity index (χ3v) is 7.33. The Morgan fingerprint density at radius 2 is 1.89 bits per heavy atom. The molecule has 0 aromatic heterocycles. The van der Waals surface area contributed by atoms with Crippen LogP contribution in [0.5, 0.6) is 0 Å². The van der Waals surface area contributed by atoms with Crippen LogP contribution >= 0.6 is 11.8 Å². The van der Waals surface area contributed by atoms with Crippen molar-refractivity contribution in [2.45, 2.75) is 44.9 Å². The van der Waals surface area contributed by atoms with Gasteiger partial charge in [-0.2, -0.15) is 0 Å². The summed E-state index contributed by atoms with van der Waals surface area (Å²) in [5.74, 6) is -0.489. The van der Waals surface area contributed by atoms with E-state index in [0.29, 0.717) is 17.8 Å². The van der Waals surface area contributed by atoms with E-state index in [-0.39, 0.29) is 25.0 Å². The Morgan fingerprint density at radius 1 is 1.14 bits per heavy atom. The van der Waals surface area contributed by atoms with Crippen molar-refractivity contribution in [3.63, 3.8) is 0 Å². The zero-order valence-corrected chi connectivity index (χ0v) is 21.0. The smallest absolute Gasteiger partial charge is 0.338 e. The highest BCUT2D eigenvalue weighted by Gasteiger charge is 2.41. The van der Waals surface area contributed by atoms with Crippen LogP contribution in [0.4, 0.5) is 0 Å². The highest BCUT2D eigenvalue weighted by Crippen LogP contribution is 2.44. The highest BCUT2D eigenvalue weighted by atomic mass is 32.2. The summed E-state index contributed by atoms with van der Waals surface area (Å²) in [6.45, 7) is 3.28. The normalized spacial score (nSPS) is 21.1. The van der Waals surface area contributed by atoms with Gasteiger partial charge in [-0.1, -0.05) is 72.4 Å². The average molecular weight is 504 g/mol. The van der Waals surface area contributed by atoms with Crippen LogP contribution in [0.2, 0.25) is 0 Å². The Labute approximate surface area is 215 Å². The van der Waals surface area contributed by atoms with Crippen molar-refractivity contribution in [2.24, 2.45) is 4.99 Å². The number of allylic oxidation sites excluding steroid dienone is 1. The number of amides is 1. The minimum Gasteiger partial charge on any atom is -0.457 e. The number of hydrogen-bond acceptors (Lipinski definition) is 7. The molecule has 1 saturated heterocycles. The molecule has 2 atom stereocenters. The number of amidine groups is 1. The Balaban J connectivity index is 1.37. The van der Waals surface area contributed by atoms with E-state index in [1.807, 2.05) is 77.9 Å². The minimum absolute atomic E-state index is 0.0788. The van der Waals surface area contributed by atoms with E-state index >= 15 is 0 Å². The molecule has 1 amide bonds. The number of carbonyl (C=O) groups excluding carboxylic acids is 2. The molecule has 3 aliphatic heterocycles. The molecular formula is C28H29N3O4S. The maximum absolute atomic E-state index is 13.4. The number of ether oxygens (including phenoxy) is 2. The van der Waals surface area contributed by atoms with E-state index in [9.17, 15) is 9.59 Å². The van der Waals surface area contributed by atoms with Crippen LogP contribution in [0.3, 0.4) is 0 Å². The number of nitrogens with one attached hydrogen (secondary N) is 1. The van der Waals surface area contributed by atoms with Gasteiger partial charge < -0.3 is 19.7 Å². The second kappa shape index (κ2) is 11.1. The van der Waals surface area contributed by atoms with Crippen molar-refractivity contribution >= 4 is 28.8 Å². The summed E-state index contributed by atoms with van der Waals surface area (Å²) in [5, 5.41) is 5.70. The zero-order chi connectivity index (χ0) is 24.9. The summed E-state index contributed by atoms with van der Waals surface area (Å²) in [5.41, 5.74) is 3.76. The first-order valence-electron chi connectivity index (χ1n) is 12.2. The first-order valence-corrected chi connectivity index (χ1v) is 13.1. The van der Waals surface area contributed by atoms with Crippen molar-refractivity contribution in [1.29, 1.82) is 0 Å². The molecule has 0 spiro atoms. The van der Waals surface area contributed by atoms with Crippen molar-refractivity contribution in [3.8, 4) is 0 Å². The lowest BCUT2D eigenvalue weighted by Gasteiger charge is -2.36. The van der Waals surface area contributed by atoms with Gasteiger partial charge >= 0.3 is 5.97 Å². The zero-order valence-electron chi connectivity index (χ0n) is 20.2. The van der Waals surface area contributed by atoms with Gasteiger partial charge in [-0.05, 0) is 36.3 Å². The van der Waals surface area contributed by atoms with Gasteiger partial charge in [0.25, 0.3) is 0 Å². The first kappa shape index (κ1) is 24.3. The van der Waals surface area contributed by atoms with Gasteiger partial charge in [0.2, 0.25) is 5.91 Å². The number of hydrogen-bond donors (Lipinski definition) is 1. The summed E-state index contributed by atoms with van der Waals surface area (Å²) in [6.07, 6.45) is 2.27. The van der Waals surface area contributed by atoms with Crippen LogP contribution in [-0.4, -0.2) is 41.2 Å². The van der Waals surface area contributed by atoms with Crippen LogP contribution in [0.25, 0.3) is 0 Å². The number of aliphatic imine (C=N–C) groups is 1. The fraction of sp³-hybridized carbons (Fsp3) is 0.321. The van der Waals surface area contributed by atoms with Gasteiger partial charge in [0.05, 0.1) is 29.8 Å². The summed E-state index contributed by atoms with van der Waals surface area (Å²) < 4.78 is 11.4. The summed E-state index contributed by atoms with van der Waals surface area (Å²) in [4.78, 5) is 33.0. The second-order valence-electron chi connectivity index (χ2n) is 8.98. The van der Waals surface area contributed by atoms with Crippen LogP contribution in [0.1, 0.15) is 43.4 Å². The highest BCUT2D eigenvalue weighted by molar-refractivity contribution is 8.16. The predicted octanol–water partition coefficient (Wildman–Crippen LogP) is 4.69. The number of thioether (sulfide) groups is 1. The van der Waals surface area contributed by atoms with Gasteiger partial charge in [0, 0.05) is 18.8 Å². The molecule has 0 aliphatic carbocycles. The molecule has 0 unspecified atom stereocenters. The molecule has 2 aromatic carbocycles. The first-order chi connectivity index (χ1) is 17.6. The Bertz CT molecular complexity index is 1200. The Hall–Kier alpha value is -3.36. The Kier molecular flexibility index (Phi) is 7.53. The number of benzene rings is 2. The maximum Gasteiger partial charge on any atom is 0.338 e. The van der Waals surface area contributed by atoms with Gasteiger partial charge in [-0.15, -0.1) is 0 Å². The van der Waals surface area contributed by atoms with Crippen molar-refractivity contribution < 1.29 is 19.1 Å². The molecule has 0 radical (unpaired) electrons. The predicted molar refractivity (Wildman–Crippen MR) is 140 cm³/mol. The van der Waals surface area contributed by atoms with E-state index in [4.69, 9.17) is 14.5 Å². The molecule has 1 N–H and O–H groups in total. The van der Waals surface area contributed by atoms with Crippen molar-refractivity contribution in [2.75, 3.05) is 13.2 Å². The third-order valence-electron chi connectivity index (χ3n) is 6.44. The molecule has 0 saturated carbocycles. The van der Waals surface area contributed by atoms with E-state index in [1.165, 1.54) is 11.8 Å². The molecule has 7 nitrogen and oxygen atoms in total. The largest absolute Gasteiger partial charge is 0.457 e. The van der Waals surface area contributed by atoms with Crippen LogP contribution < -0.4 is 5.32 Å². The van der Waals surface area contributed by atoms with E-state index in [0.717, 1.165) is 41.4 Å². The van der Waals surface area contributed by atoms with Crippen LogP contribution in [0, 0.1) is 0 Å². The molecule has 3 heterocycles. The van der Waals surface area contributed by atoms with Gasteiger partial charge in [-0.3, -0.25) is 4.79 Å². The quantitative estimate of drug-likeness (QED) is 0.527. The molecule has 1 fully saturated rings. The number of rotatable bonds is 8. The topological polar surface area (TPSA) is 80.2 Å². The second-order valence-corrected chi connectivity index (χ2v) is 9.82. The number of esters is 1. The Morgan fingerprint density at radius 3 is 2.61 bits per heavy atom. The molecule has 0 bridgehead atoms. The number of fused-ring (bicyclic) bond motifs is 1. The number of nitrogens with zero attached hydrogens (tertiary/aromatic N) is 2. The molecule has 5 rings (SSSR count). The lowest BCUT2D eigenvalue weighted by Crippen LogP contribution is -2.38. The van der Waals surface area contributed by atoms with E-state index in [2.05, 4.69) is 5.32 Å². The molecule has 36 heavy (non-hydrogen) atoms. The maximum atomic E-state index is 13.4. The molecule has 186 valence electrons. The standard InChI is InChI=1S/C28H29N3O4S/c1-19-25(27(33)35-17-20-9-4-2-5-10-20)26(21-11-6-3-7-12-21)31-22(18-36-28(31)30-19)15-24(32)29-16-23-13-8-14-34-23/h2-7,9-12,18,23,26H,8,13-17H2,1H3,(H,29,32)/t23-,26-/m1/s1. The number of carbonyl (C=O) groups is 2. The molecular weight excluding hydrogens is 474 g/mol. The fourth-order valence-electron chi connectivity index (χ4n) is 4.64. The lowest BCUT2D eigenvalue weighted by molar-refractivity contribution is -0.141. The van der Waals surface area contributed by atoms with E-state index in [1.54, 1.807) is 0 Å². The SMILES string of the molecule is CC1=C(C(=O)OCc2ccccc2)[C@@H](c2ccccc2)N2C(CC(=O)NC[C@H]3CCCO3)=CSC2=N1. The fourth-order valence-corrected chi connectivity index (χ4v) is 5.61. The average Bonchev–Trinajstić information content (AvgIpc) is 3.56. The van der Waals surface area contributed by atoms with Crippen molar-refractivity contribution in [1.82, 2.24) is 10.2 Å². The van der Waals surface area contributed by atoms with Gasteiger partial charge in [-0.25, -0.2) is 9.79 Å². The minimum atomic E-state index is -0.436. The molecule has 3 aliphatic rings. The van der Waals surface area contributed by atoms with Crippen molar-refractivity contribution in [3.05, 3.63) is 94.2 Å². The monoisotopic (exact) mass is 503 g/mol. The van der Waals surface area contributed by atoms with Crippen LogP contribution in [0.15, 0.2) is 88.0 Å². The third kappa shape index (κ3) is 5.39. The summed E-state index contributed by atoms with van der Waals surface area (Å²) >= 11 is 1.47. The van der Waals surface area contributed by atoms with Gasteiger partial charge in [0.1, 0.15) is 6.61 Å². The summed E-state index contributed by atoms with van der Waals surface area (Å²) in [7, 11) is 0. The van der Waals surface area contributed by atoms with Gasteiger partial charge in [0.15, 0.2) is 5.17 Å². The van der Waals surface area contributed by atoms with E-state index < -0.39 is 12.0 Å². The van der Waals surface area contributed by atoms with Crippen LogP contribution in [-0.2, 0) is 25.7 Å². The lowest BCUT2D eigenvalue weighted by atomic mass is 9.94. The molecule has 2 aromatic rings. The summed E-state index contributed by atoms with van der Waals surface area (Å²) in [6, 6.07) is 19.0.